The minimum absolute atomic E-state index is 0.0849. The zero-order valence-electron chi connectivity index (χ0n) is 22.7. The van der Waals surface area contributed by atoms with Crippen molar-refractivity contribution in [2.45, 2.75) is 40.5 Å². The van der Waals surface area contributed by atoms with Crippen LogP contribution in [0.25, 0.3) is 45.6 Å². The van der Waals surface area contributed by atoms with Crippen LogP contribution >= 0.6 is 0 Å². The van der Waals surface area contributed by atoms with Crippen molar-refractivity contribution in [2.75, 3.05) is 5.32 Å². The van der Waals surface area contributed by atoms with Gasteiger partial charge in [0.25, 0.3) is 0 Å². The minimum Gasteiger partial charge on any atom is -0.358 e. The Morgan fingerprint density at radius 1 is 1.15 bits per heavy atom. The molecule has 0 fully saturated rings. The molecule has 1 aliphatic carbocycles. The van der Waals surface area contributed by atoms with Crippen LogP contribution < -0.4 is 15.9 Å². The number of halogens is 1. The Balaban J connectivity index is 1.55. The Kier molecular flexibility index (Phi) is 6.87. The molecule has 0 spiro atoms. The number of rotatable bonds is 7. The first kappa shape index (κ1) is 26.0. The maximum absolute atomic E-state index is 16.2. The number of hydrogen-bond donors (Lipinski definition) is 3. The Bertz CT molecular complexity index is 1780. The highest BCUT2D eigenvalue weighted by Crippen LogP contribution is 2.30. The lowest BCUT2D eigenvalue weighted by Crippen LogP contribution is -2.26. The predicted molar refractivity (Wildman–Crippen MR) is 157 cm³/mol. The van der Waals surface area contributed by atoms with Gasteiger partial charge in [0.1, 0.15) is 11.5 Å². The van der Waals surface area contributed by atoms with Gasteiger partial charge in [-0.3, -0.25) is 15.1 Å². The molecule has 0 atom stereocenters. The summed E-state index contributed by atoms with van der Waals surface area (Å²) in [5.74, 6) is -0.0734. The van der Waals surface area contributed by atoms with E-state index in [1.807, 2.05) is 13.0 Å². The van der Waals surface area contributed by atoms with E-state index < -0.39 is 5.83 Å². The molecule has 4 aromatic rings. The van der Waals surface area contributed by atoms with Crippen LogP contribution in [0.15, 0.2) is 67.9 Å². The van der Waals surface area contributed by atoms with E-state index in [0.717, 1.165) is 46.4 Å². The molecule has 5 rings (SSSR count). The Hall–Kier alpha value is -4.59. The fourth-order valence-corrected chi connectivity index (χ4v) is 4.71. The molecule has 0 unspecified atom stereocenters. The second kappa shape index (κ2) is 10.3. The van der Waals surface area contributed by atoms with Gasteiger partial charge in [0, 0.05) is 34.8 Å². The largest absolute Gasteiger partial charge is 0.358 e. The molecule has 8 heteroatoms. The van der Waals surface area contributed by atoms with Crippen molar-refractivity contribution in [3.8, 4) is 11.5 Å². The first-order valence-electron chi connectivity index (χ1n) is 12.9. The number of H-pyrrole nitrogens is 2. The van der Waals surface area contributed by atoms with Crippen molar-refractivity contribution < 1.29 is 4.39 Å². The number of hydrogen-bond acceptors (Lipinski definition) is 5. The normalized spacial score (nSPS) is 14.6. The van der Waals surface area contributed by atoms with E-state index in [1.54, 1.807) is 30.9 Å². The highest BCUT2D eigenvalue weighted by Gasteiger charge is 2.19. The summed E-state index contributed by atoms with van der Waals surface area (Å²) in [6.07, 6.45) is 16.5. The quantitative estimate of drug-likeness (QED) is 0.276. The van der Waals surface area contributed by atoms with Crippen LogP contribution in [0.4, 0.5) is 10.1 Å². The monoisotopic (exact) mass is 521 g/mol. The lowest BCUT2D eigenvalue weighted by molar-refractivity contribution is 0.411. The molecule has 0 amide bonds. The summed E-state index contributed by atoms with van der Waals surface area (Å²) in [6.45, 7) is 16.5. The molecular weight excluding hydrogens is 489 g/mol. The molecule has 7 nitrogen and oxygen atoms in total. The molecule has 3 N–H and O–H groups in total. The molecule has 0 aromatic carbocycles. The molecule has 0 bridgehead atoms. The molecule has 198 valence electrons. The number of aromatic nitrogens is 6. The predicted octanol–water partition coefficient (Wildman–Crippen LogP) is 6.04. The number of nitrogens with one attached hydrogen (secondary N) is 3. The average Bonchev–Trinajstić information content (AvgIpc) is 3.65. The maximum Gasteiger partial charge on any atom is 0.159 e. The van der Waals surface area contributed by atoms with E-state index in [9.17, 15) is 0 Å². The van der Waals surface area contributed by atoms with Crippen LogP contribution in [0.1, 0.15) is 51.7 Å². The first-order valence-corrected chi connectivity index (χ1v) is 12.9. The zero-order valence-corrected chi connectivity index (χ0v) is 22.7. The fourth-order valence-electron chi connectivity index (χ4n) is 4.71. The van der Waals surface area contributed by atoms with Crippen LogP contribution in [0, 0.1) is 5.41 Å². The number of aromatic amines is 2. The topological polar surface area (TPSA) is 95.2 Å². The lowest BCUT2D eigenvalue weighted by atomic mass is 9.91. The number of anilines is 1. The van der Waals surface area contributed by atoms with E-state index in [4.69, 9.17) is 4.98 Å². The Morgan fingerprint density at radius 3 is 2.67 bits per heavy atom. The highest BCUT2D eigenvalue weighted by atomic mass is 19.1. The van der Waals surface area contributed by atoms with Gasteiger partial charge in [-0.2, -0.15) is 5.10 Å². The van der Waals surface area contributed by atoms with Crippen molar-refractivity contribution >= 4 is 39.8 Å². The summed E-state index contributed by atoms with van der Waals surface area (Å²) in [4.78, 5) is 16.8. The van der Waals surface area contributed by atoms with Crippen molar-refractivity contribution in [2.24, 2.45) is 5.41 Å². The lowest BCUT2D eigenvalue weighted by Gasteiger charge is -2.20. The first-order chi connectivity index (χ1) is 18.6. The number of fused-ring (bicyclic) bond motifs is 1. The summed E-state index contributed by atoms with van der Waals surface area (Å²) in [6, 6.07) is 1.82. The summed E-state index contributed by atoms with van der Waals surface area (Å²) < 4.78 is 16.2. The molecule has 39 heavy (non-hydrogen) atoms. The van der Waals surface area contributed by atoms with Gasteiger partial charge in [-0.25, -0.2) is 9.37 Å². The third kappa shape index (κ3) is 5.36. The SMILES string of the molecule is C=C(CC(C)(C)C)Nc1cncc(C(=C)/C(F)=c2/c(-c3nc4c(C5=CCC=C5)cncc4[nH]3)n[nH]/c2=C/C)c1. The Morgan fingerprint density at radius 2 is 1.95 bits per heavy atom. The summed E-state index contributed by atoms with van der Waals surface area (Å²) in [5.41, 5.74) is 6.25. The highest BCUT2D eigenvalue weighted by molar-refractivity contribution is 5.95. The maximum atomic E-state index is 16.2. The number of imidazole rings is 1. The van der Waals surface area contributed by atoms with Crippen molar-refractivity contribution in [3.63, 3.8) is 0 Å². The van der Waals surface area contributed by atoms with Gasteiger partial charge in [-0.15, -0.1) is 0 Å². The third-order valence-corrected chi connectivity index (χ3v) is 6.42. The zero-order chi connectivity index (χ0) is 27.7. The molecule has 1 aliphatic rings. The summed E-state index contributed by atoms with van der Waals surface area (Å²) in [5, 5.41) is 11.5. The second-order valence-electron chi connectivity index (χ2n) is 10.8. The molecular formula is C31H32FN7. The molecule has 0 saturated heterocycles. The minimum atomic E-state index is -0.514. The number of allylic oxidation sites excluding steroid dienone is 6. The van der Waals surface area contributed by atoms with E-state index in [1.165, 1.54) is 0 Å². The summed E-state index contributed by atoms with van der Waals surface area (Å²) >= 11 is 0. The van der Waals surface area contributed by atoms with E-state index in [2.05, 4.69) is 82.6 Å². The van der Waals surface area contributed by atoms with Crippen LogP contribution in [-0.4, -0.2) is 30.1 Å². The van der Waals surface area contributed by atoms with E-state index >= 15 is 4.39 Å². The fraction of sp³-hybridized carbons (Fsp3) is 0.226. The van der Waals surface area contributed by atoms with Crippen LogP contribution in [0.5, 0.6) is 0 Å². The Labute approximate surface area is 226 Å². The number of pyridine rings is 2. The van der Waals surface area contributed by atoms with Crippen LogP contribution in [0.2, 0.25) is 0 Å². The van der Waals surface area contributed by atoms with Crippen molar-refractivity contribution in [1.29, 1.82) is 0 Å². The van der Waals surface area contributed by atoms with Crippen LogP contribution in [-0.2, 0) is 0 Å². The van der Waals surface area contributed by atoms with Crippen molar-refractivity contribution in [1.82, 2.24) is 30.1 Å². The van der Waals surface area contributed by atoms with Gasteiger partial charge in [0.2, 0.25) is 0 Å². The van der Waals surface area contributed by atoms with Crippen LogP contribution in [0.3, 0.4) is 0 Å². The summed E-state index contributed by atoms with van der Waals surface area (Å²) in [7, 11) is 0. The molecule has 4 aromatic heterocycles. The van der Waals surface area contributed by atoms with Gasteiger partial charge in [-0.1, -0.05) is 58.2 Å². The smallest absolute Gasteiger partial charge is 0.159 e. The van der Waals surface area contributed by atoms with Gasteiger partial charge < -0.3 is 10.3 Å². The van der Waals surface area contributed by atoms with E-state index in [-0.39, 0.29) is 16.2 Å². The molecule has 0 saturated carbocycles. The van der Waals surface area contributed by atoms with Gasteiger partial charge in [0.15, 0.2) is 5.82 Å². The van der Waals surface area contributed by atoms with Gasteiger partial charge in [-0.05, 0) is 36.8 Å². The van der Waals surface area contributed by atoms with Crippen molar-refractivity contribution in [3.05, 3.63) is 89.6 Å². The van der Waals surface area contributed by atoms with Gasteiger partial charge in [0.05, 0.1) is 39.7 Å². The number of nitrogens with zero attached hydrogens (tertiary/aromatic N) is 4. The van der Waals surface area contributed by atoms with Gasteiger partial charge >= 0.3 is 0 Å². The standard InChI is InChI=1S/C31H32FN7/c1-7-24-26(27(32)19(3)21-12-22(15-33-14-21)35-18(2)13-31(4,5)6)29(39-38-24)30-36-25-17-34-16-23(28(25)37-30)20-10-8-9-11-20/h7-8,10-12,14-17,35,38H,2-3,9,13H2,1,4-6H3,(H,36,37)/b24-7+,27-26-. The molecule has 0 radical (unpaired) electrons. The molecule has 0 aliphatic heterocycles. The second-order valence-corrected chi connectivity index (χ2v) is 10.8. The average molecular weight is 522 g/mol. The van der Waals surface area contributed by atoms with E-state index in [0.29, 0.717) is 22.4 Å². The molecule has 4 heterocycles. The third-order valence-electron chi connectivity index (χ3n) is 6.42.